The van der Waals surface area contributed by atoms with E-state index in [9.17, 15) is 10.2 Å². The van der Waals surface area contributed by atoms with Gasteiger partial charge in [0, 0.05) is 0 Å². The molecule has 0 radical (unpaired) electrons. The van der Waals surface area contributed by atoms with Gasteiger partial charge in [-0.05, 0) is 20.3 Å². The minimum atomic E-state index is -0.937. The quantitative estimate of drug-likeness (QED) is 0.601. The summed E-state index contributed by atoms with van der Waals surface area (Å²) in [6, 6.07) is 0. The fraction of sp³-hybridized carbons (Fsp3) is 1.00. The molecule has 0 fully saturated rings. The van der Waals surface area contributed by atoms with Gasteiger partial charge in [0.1, 0.15) is 0 Å². The molecular formula is C9H20O2. The predicted molar refractivity (Wildman–Crippen MR) is 46.4 cm³/mol. The van der Waals surface area contributed by atoms with Crippen molar-refractivity contribution in [3.8, 4) is 0 Å². The summed E-state index contributed by atoms with van der Waals surface area (Å²) >= 11 is 0. The number of aliphatic hydroxyl groups is 2. The molecule has 0 aromatic heterocycles. The highest BCUT2D eigenvalue weighted by Gasteiger charge is 2.23. The van der Waals surface area contributed by atoms with E-state index < -0.39 is 11.7 Å². The fourth-order valence-electron chi connectivity index (χ4n) is 0.941. The Morgan fingerprint density at radius 2 is 1.82 bits per heavy atom. The summed E-state index contributed by atoms with van der Waals surface area (Å²) < 4.78 is 0. The first kappa shape index (κ1) is 10.9. The largest absolute Gasteiger partial charge is 0.390 e. The van der Waals surface area contributed by atoms with Crippen LogP contribution in [0.15, 0.2) is 0 Å². The molecule has 2 heteroatoms. The molecule has 0 spiro atoms. The maximum Gasteiger partial charge on any atom is 0.0849 e. The van der Waals surface area contributed by atoms with Crippen LogP contribution in [0, 0.1) is 0 Å². The van der Waals surface area contributed by atoms with Gasteiger partial charge in [-0.1, -0.05) is 26.2 Å². The SMILES string of the molecule is CCCCCC(O)C(C)(C)O. The first-order valence-electron chi connectivity index (χ1n) is 4.39. The maximum absolute atomic E-state index is 9.36. The van der Waals surface area contributed by atoms with Crippen molar-refractivity contribution >= 4 is 0 Å². The average Bonchev–Trinajstić information content (AvgIpc) is 1.86. The van der Waals surface area contributed by atoms with Gasteiger partial charge in [-0.2, -0.15) is 0 Å². The van der Waals surface area contributed by atoms with Gasteiger partial charge in [0.15, 0.2) is 0 Å². The normalized spacial score (nSPS) is 15.0. The summed E-state index contributed by atoms with van der Waals surface area (Å²) in [6.45, 7) is 5.41. The van der Waals surface area contributed by atoms with E-state index >= 15 is 0 Å². The molecule has 0 aromatic carbocycles. The van der Waals surface area contributed by atoms with E-state index in [0.717, 1.165) is 19.3 Å². The monoisotopic (exact) mass is 160 g/mol. The van der Waals surface area contributed by atoms with Crippen molar-refractivity contribution in [1.82, 2.24) is 0 Å². The second kappa shape index (κ2) is 4.73. The van der Waals surface area contributed by atoms with Crippen LogP contribution in [-0.2, 0) is 0 Å². The van der Waals surface area contributed by atoms with Crippen molar-refractivity contribution in [2.24, 2.45) is 0 Å². The van der Waals surface area contributed by atoms with Gasteiger partial charge < -0.3 is 10.2 Å². The average molecular weight is 160 g/mol. The van der Waals surface area contributed by atoms with Crippen molar-refractivity contribution in [3.05, 3.63) is 0 Å². The lowest BCUT2D eigenvalue weighted by Crippen LogP contribution is -2.35. The number of unbranched alkanes of at least 4 members (excludes halogenated alkanes) is 2. The Bertz CT molecular complexity index is 94.2. The zero-order valence-corrected chi connectivity index (χ0v) is 7.80. The topological polar surface area (TPSA) is 40.5 Å². The standard InChI is InChI=1S/C9H20O2/c1-4-5-6-7-8(10)9(2,3)11/h8,10-11H,4-7H2,1-3H3. The summed E-state index contributed by atoms with van der Waals surface area (Å²) in [4.78, 5) is 0. The summed E-state index contributed by atoms with van der Waals surface area (Å²) in [5.74, 6) is 0. The first-order chi connectivity index (χ1) is 4.98. The van der Waals surface area contributed by atoms with Crippen molar-refractivity contribution in [3.63, 3.8) is 0 Å². The molecular weight excluding hydrogens is 140 g/mol. The summed E-state index contributed by atoms with van der Waals surface area (Å²) in [6.07, 6.45) is 3.42. The smallest absolute Gasteiger partial charge is 0.0849 e. The van der Waals surface area contributed by atoms with E-state index in [1.54, 1.807) is 13.8 Å². The van der Waals surface area contributed by atoms with Gasteiger partial charge in [-0.25, -0.2) is 0 Å². The van der Waals surface area contributed by atoms with Gasteiger partial charge in [0.25, 0.3) is 0 Å². The van der Waals surface area contributed by atoms with Gasteiger partial charge in [0.05, 0.1) is 11.7 Å². The molecule has 0 heterocycles. The Morgan fingerprint density at radius 3 is 2.18 bits per heavy atom. The Balaban J connectivity index is 3.44. The van der Waals surface area contributed by atoms with Gasteiger partial charge >= 0.3 is 0 Å². The Hall–Kier alpha value is -0.0800. The highest BCUT2D eigenvalue weighted by molar-refractivity contribution is 4.75. The van der Waals surface area contributed by atoms with Crippen molar-refractivity contribution in [2.45, 2.75) is 58.2 Å². The molecule has 68 valence electrons. The molecule has 0 saturated heterocycles. The summed E-state index contributed by atoms with van der Waals surface area (Å²) in [5, 5.41) is 18.7. The molecule has 0 aliphatic carbocycles. The molecule has 0 aromatic rings. The highest BCUT2D eigenvalue weighted by atomic mass is 16.3. The second-order valence-electron chi connectivity index (χ2n) is 3.67. The van der Waals surface area contributed by atoms with Crippen LogP contribution in [0.2, 0.25) is 0 Å². The lowest BCUT2D eigenvalue weighted by Gasteiger charge is -2.24. The maximum atomic E-state index is 9.36. The molecule has 2 nitrogen and oxygen atoms in total. The van der Waals surface area contributed by atoms with Crippen molar-refractivity contribution in [1.29, 1.82) is 0 Å². The van der Waals surface area contributed by atoms with Crippen LogP contribution in [0.4, 0.5) is 0 Å². The van der Waals surface area contributed by atoms with Crippen LogP contribution in [0.3, 0.4) is 0 Å². The van der Waals surface area contributed by atoms with Crippen LogP contribution in [0.1, 0.15) is 46.5 Å². The number of rotatable bonds is 5. The molecule has 1 atom stereocenters. The Morgan fingerprint density at radius 1 is 1.27 bits per heavy atom. The zero-order valence-electron chi connectivity index (χ0n) is 7.80. The second-order valence-corrected chi connectivity index (χ2v) is 3.67. The number of hydrogen-bond acceptors (Lipinski definition) is 2. The third-order valence-electron chi connectivity index (χ3n) is 1.90. The minimum Gasteiger partial charge on any atom is -0.390 e. The Labute approximate surface area is 69.2 Å². The molecule has 11 heavy (non-hydrogen) atoms. The summed E-state index contributed by atoms with van der Waals surface area (Å²) in [7, 11) is 0. The number of aliphatic hydroxyl groups excluding tert-OH is 1. The van der Waals surface area contributed by atoms with Crippen LogP contribution in [-0.4, -0.2) is 21.9 Å². The fourth-order valence-corrected chi connectivity index (χ4v) is 0.941. The number of hydrogen-bond donors (Lipinski definition) is 2. The molecule has 0 aliphatic heterocycles. The van der Waals surface area contributed by atoms with Crippen LogP contribution in [0.5, 0.6) is 0 Å². The van der Waals surface area contributed by atoms with E-state index in [0.29, 0.717) is 6.42 Å². The third-order valence-corrected chi connectivity index (χ3v) is 1.90. The molecule has 0 bridgehead atoms. The third kappa shape index (κ3) is 5.22. The zero-order chi connectivity index (χ0) is 8.91. The molecule has 0 aliphatic rings. The summed E-state index contributed by atoms with van der Waals surface area (Å²) in [5.41, 5.74) is -0.937. The lowest BCUT2D eigenvalue weighted by atomic mass is 9.97. The molecule has 0 amide bonds. The van der Waals surface area contributed by atoms with E-state index in [-0.39, 0.29) is 0 Å². The highest BCUT2D eigenvalue weighted by Crippen LogP contribution is 2.14. The van der Waals surface area contributed by atoms with Gasteiger partial charge in [-0.15, -0.1) is 0 Å². The Kier molecular flexibility index (Phi) is 4.69. The first-order valence-corrected chi connectivity index (χ1v) is 4.39. The predicted octanol–water partition coefficient (Wildman–Crippen LogP) is 1.70. The van der Waals surface area contributed by atoms with E-state index in [4.69, 9.17) is 0 Å². The van der Waals surface area contributed by atoms with E-state index in [1.165, 1.54) is 0 Å². The van der Waals surface area contributed by atoms with Crippen LogP contribution in [0.25, 0.3) is 0 Å². The van der Waals surface area contributed by atoms with E-state index in [1.807, 2.05) is 0 Å². The minimum absolute atomic E-state index is 0.575. The van der Waals surface area contributed by atoms with Crippen LogP contribution < -0.4 is 0 Å². The van der Waals surface area contributed by atoms with Gasteiger partial charge in [0.2, 0.25) is 0 Å². The lowest BCUT2D eigenvalue weighted by molar-refractivity contribution is -0.0521. The van der Waals surface area contributed by atoms with E-state index in [2.05, 4.69) is 6.92 Å². The van der Waals surface area contributed by atoms with Crippen molar-refractivity contribution in [2.75, 3.05) is 0 Å². The molecule has 0 rings (SSSR count). The van der Waals surface area contributed by atoms with Crippen LogP contribution >= 0.6 is 0 Å². The molecule has 2 N–H and O–H groups in total. The van der Waals surface area contributed by atoms with Crippen molar-refractivity contribution < 1.29 is 10.2 Å². The molecule has 0 saturated carbocycles. The molecule has 1 unspecified atom stereocenters. The van der Waals surface area contributed by atoms with Gasteiger partial charge in [-0.3, -0.25) is 0 Å².